The predicted molar refractivity (Wildman–Crippen MR) is 64.8 cm³/mol. The van der Waals surface area contributed by atoms with Crippen LogP contribution in [0.1, 0.15) is 31.2 Å². The second-order valence-corrected chi connectivity index (χ2v) is 4.23. The highest BCUT2D eigenvalue weighted by atomic mass is 35.5. The molecule has 6 nitrogen and oxygen atoms in total. The molecule has 7 heteroatoms. The fourth-order valence-electron chi connectivity index (χ4n) is 1.51. The van der Waals surface area contributed by atoms with Crippen molar-refractivity contribution in [3.63, 3.8) is 0 Å². The highest BCUT2D eigenvalue weighted by Gasteiger charge is 2.13. The van der Waals surface area contributed by atoms with Gasteiger partial charge in [0.2, 0.25) is 0 Å². The Morgan fingerprint density at radius 2 is 2.12 bits per heavy atom. The van der Waals surface area contributed by atoms with E-state index in [0.717, 1.165) is 17.2 Å². The Hall–Kier alpha value is -1.69. The first-order valence-electron chi connectivity index (χ1n) is 5.27. The summed E-state index contributed by atoms with van der Waals surface area (Å²) in [5.41, 5.74) is 0.911. The zero-order valence-electron chi connectivity index (χ0n) is 9.61. The van der Waals surface area contributed by atoms with E-state index in [0.29, 0.717) is 11.7 Å². The molecular formula is C10H13ClN6. The summed E-state index contributed by atoms with van der Waals surface area (Å²) in [5.74, 6) is 1.73. The van der Waals surface area contributed by atoms with Crippen molar-refractivity contribution < 1.29 is 0 Å². The van der Waals surface area contributed by atoms with Crippen LogP contribution in [0.15, 0.2) is 12.7 Å². The van der Waals surface area contributed by atoms with Crippen molar-refractivity contribution in [2.45, 2.75) is 26.3 Å². The third-order valence-electron chi connectivity index (χ3n) is 2.30. The van der Waals surface area contributed by atoms with Crippen molar-refractivity contribution >= 4 is 17.4 Å². The minimum atomic E-state index is 0.251. The van der Waals surface area contributed by atoms with E-state index < -0.39 is 0 Å². The molecule has 0 saturated carbocycles. The van der Waals surface area contributed by atoms with E-state index in [1.54, 1.807) is 0 Å². The SMILES string of the molecule is CC(C)c1c(Cl)ncnc1NCc1ncn[nH]1. The number of hydrogen-bond acceptors (Lipinski definition) is 5. The molecule has 0 atom stereocenters. The summed E-state index contributed by atoms with van der Waals surface area (Å²) < 4.78 is 0. The summed E-state index contributed by atoms with van der Waals surface area (Å²) in [4.78, 5) is 12.2. The van der Waals surface area contributed by atoms with Crippen LogP contribution in [-0.2, 0) is 6.54 Å². The van der Waals surface area contributed by atoms with Crippen LogP contribution in [0.4, 0.5) is 5.82 Å². The van der Waals surface area contributed by atoms with Crippen LogP contribution < -0.4 is 5.32 Å². The van der Waals surface area contributed by atoms with Crippen molar-refractivity contribution in [1.29, 1.82) is 0 Å². The first-order valence-corrected chi connectivity index (χ1v) is 5.64. The van der Waals surface area contributed by atoms with Crippen LogP contribution in [0.25, 0.3) is 0 Å². The monoisotopic (exact) mass is 252 g/mol. The van der Waals surface area contributed by atoms with Crippen molar-refractivity contribution in [2.75, 3.05) is 5.32 Å². The molecule has 0 fully saturated rings. The van der Waals surface area contributed by atoms with Gasteiger partial charge in [0.05, 0.1) is 6.54 Å². The summed E-state index contributed by atoms with van der Waals surface area (Å²) in [5, 5.41) is 10.2. The molecule has 0 bridgehead atoms. The number of nitrogens with one attached hydrogen (secondary N) is 2. The largest absolute Gasteiger partial charge is 0.362 e. The fraction of sp³-hybridized carbons (Fsp3) is 0.400. The molecule has 2 heterocycles. The number of anilines is 1. The Morgan fingerprint density at radius 1 is 1.29 bits per heavy atom. The maximum Gasteiger partial charge on any atom is 0.143 e. The minimum absolute atomic E-state index is 0.251. The Morgan fingerprint density at radius 3 is 2.76 bits per heavy atom. The predicted octanol–water partition coefficient (Wildman–Crippen LogP) is 1.98. The highest BCUT2D eigenvalue weighted by Crippen LogP contribution is 2.27. The summed E-state index contributed by atoms with van der Waals surface area (Å²) in [6.07, 6.45) is 2.91. The smallest absolute Gasteiger partial charge is 0.143 e. The molecule has 0 aliphatic rings. The Kier molecular flexibility index (Phi) is 3.53. The van der Waals surface area contributed by atoms with Gasteiger partial charge in [-0.2, -0.15) is 5.10 Å². The number of aromatic amines is 1. The van der Waals surface area contributed by atoms with Gasteiger partial charge in [0, 0.05) is 5.56 Å². The third-order valence-corrected chi connectivity index (χ3v) is 2.60. The van der Waals surface area contributed by atoms with Crippen LogP contribution in [0.3, 0.4) is 0 Å². The molecule has 0 unspecified atom stereocenters. The molecule has 17 heavy (non-hydrogen) atoms. The zero-order chi connectivity index (χ0) is 12.3. The zero-order valence-corrected chi connectivity index (χ0v) is 10.4. The molecule has 90 valence electrons. The second kappa shape index (κ2) is 5.09. The van der Waals surface area contributed by atoms with Gasteiger partial charge in [-0.25, -0.2) is 15.0 Å². The van der Waals surface area contributed by atoms with Crippen molar-refractivity contribution in [3.8, 4) is 0 Å². The number of aromatic nitrogens is 5. The van der Waals surface area contributed by atoms with Crippen molar-refractivity contribution in [2.24, 2.45) is 0 Å². The minimum Gasteiger partial charge on any atom is -0.362 e. The van der Waals surface area contributed by atoms with E-state index in [-0.39, 0.29) is 5.92 Å². The van der Waals surface area contributed by atoms with Gasteiger partial charge in [-0.3, -0.25) is 5.10 Å². The molecule has 2 aromatic rings. The molecule has 0 aliphatic carbocycles. The molecule has 2 aromatic heterocycles. The van der Waals surface area contributed by atoms with E-state index in [1.165, 1.54) is 12.7 Å². The second-order valence-electron chi connectivity index (χ2n) is 3.87. The van der Waals surface area contributed by atoms with E-state index >= 15 is 0 Å². The number of H-pyrrole nitrogens is 1. The van der Waals surface area contributed by atoms with Crippen LogP contribution in [-0.4, -0.2) is 25.1 Å². The topological polar surface area (TPSA) is 79.4 Å². The Balaban J connectivity index is 2.18. The lowest BCUT2D eigenvalue weighted by atomic mass is 10.1. The van der Waals surface area contributed by atoms with Gasteiger partial charge in [0.25, 0.3) is 0 Å². The number of halogens is 1. The van der Waals surface area contributed by atoms with Gasteiger partial charge in [-0.15, -0.1) is 0 Å². The molecule has 0 spiro atoms. The van der Waals surface area contributed by atoms with Crippen molar-refractivity contribution in [1.82, 2.24) is 25.1 Å². The van der Waals surface area contributed by atoms with Gasteiger partial charge in [-0.1, -0.05) is 25.4 Å². The van der Waals surface area contributed by atoms with E-state index in [9.17, 15) is 0 Å². The quantitative estimate of drug-likeness (QED) is 0.814. The summed E-state index contributed by atoms with van der Waals surface area (Å²) in [6, 6.07) is 0. The van der Waals surface area contributed by atoms with E-state index in [1.807, 2.05) is 13.8 Å². The van der Waals surface area contributed by atoms with Gasteiger partial charge in [0.1, 0.15) is 29.5 Å². The fourth-order valence-corrected chi connectivity index (χ4v) is 1.86. The Labute approximate surface area is 104 Å². The van der Waals surface area contributed by atoms with Crippen LogP contribution >= 0.6 is 11.6 Å². The van der Waals surface area contributed by atoms with Crippen LogP contribution in [0.2, 0.25) is 5.15 Å². The van der Waals surface area contributed by atoms with Gasteiger partial charge >= 0.3 is 0 Å². The molecule has 0 radical (unpaired) electrons. The summed E-state index contributed by atoms with van der Waals surface area (Å²) in [7, 11) is 0. The van der Waals surface area contributed by atoms with E-state index in [2.05, 4.69) is 30.5 Å². The number of nitrogens with zero attached hydrogens (tertiary/aromatic N) is 4. The molecule has 0 amide bonds. The lowest BCUT2D eigenvalue weighted by Crippen LogP contribution is -2.08. The molecular weight excluding hydrogens is 240 g/mol. The molecule has 0 aliphatic heterocycles. The average Bonchev–Trinajstić information content (AvgIpc) is 2.78. The molecule has 0 saturated heterocycles. The lowest BCUT2D eigenvalue weighted by Gasteiger charge is -2.13. The third kappa shape index (κ3) is 2.71. The number of rotatable bonds is 4. The summed E-state index contributed by atoms with van der Waals surface area (Å²) >= 11 is 6.06. The first-order chi connectivity index (χ1) is 8.18. The normalized spacial score (nSPS) is 10.8. The standard InChI is InChI=1S/C10H13ClN6/c1-6(2)8-9(11)14-4-15-10(8)12-3-7-13-5-16-17-7/h4-6H,3H2,1-2H3,(H,12,14,15)(H,13,16,17). The van der Waals surface area contributed by atoms with Crippen LogP contribution in [0, 0.1) is 0 Å². The van der Waals surface area contributed by atoms with Crippen LogP contribution in [0.5, 0.6) is 0 Å². The Bertz CT molecular complexity index is 482. The average molecular weight is 253 g/mol. The van der Waals surface area contributed by atoms with E-state index in [4.69, 9.17) is 11.6 Å². The van der Waals surface area contributed by atoms with Gasteiger partial charge in [-0.05, 0) is 5.92 Å². The van der Waals surface area contributed by atoms with Crippen molar-refractivity contribution in [3.05, 3.63) is 29.2 Å². The maximum absolute atomic E-state index is 6.06. The number of hydrogen-bond donors (Lipinski definition) is 2. The first kappa shape index (κ1) is 11.8. The lowest BCUT2D eigenvalue weighted by molar-refractivity contribution is 0.840. The highest BCUT2D eigenvalue weighted by molar-refractivity contribution is 6.30. The maximum atomic E-state index is 6.06. The molecule has 2 N–H and O–H groups in total. The molecule has 0 aromatic carbocycles. The molecule has 2 rings (SSSR count). The summed E-state index contributed by atoms with van der Waals surface area (Å²) in [6.45, 7) is 4.61. The van der Waals surface area contributed by atoms with Gasteiger partial charge in [0.15, 0.2) is 0 Å². The van der Waals surface area contributed by atoms with Gasteiger partial charge < -0.3 is 5.32 Å².